The quantitative estimate of drug-likeness (QED) is 0.713. The van der Waals surface area contributed by atoms with Gasteiger partial charge < -0.3 is 9.64 Å². The Bertz CT molecular complexity index is 726. The summed E-state index contributed by atoms with van der Waals surface area (Å²) in [6, 6.07) is 5.14. The Morgan fingerprint density at radius 1 is 1.23 bits per heavy atom. The van der Waals surface area contributed by atoms with Crippen LogP contribution in [0.25, 0.3) is 0 Å². The van der Waals surface area contributed by atoms with Crippen molar-refractivity contribution in [2.75, 3.05) is 46.4 Å². The number of nitrogens with zero attached hydrogens (tertiary/aromatic N) is 2. The summed E-state index contributed by atoms with van der Waals surface area (Å²) in [6.07, 6.45) is 0. The predicted octanol–water partition coefficient (Wildman–Crippen LogP) is 1.09. The third-order valence-electron chi connectivity index (χ3n) is 4.68. The van der Waals surface area contributed by atoms with Crippen LogP contribution in [0.2, 0.25) is 0 Å². The van der Waals surface area contributed by atoms with Gasteiger partial charge in [-0.2, -0.15) is 0 Å². The van der Waals surface area contributed by atoms with Gasteiger partial charge in [-0.25, -0.2) is 13.1 Å². The topological polar surface area (TPSA) is 78.9 Å². The molecule has 0 bridgehead atoms. The minimum atomic E-state index is -3.67. The van der Waals surface area contributed by atoms with E-state index in [1.165, 1.54) is 19.2 Å². The van der Waals surface area contributed by atoms with E-state index in [9.17, 15) is 13.2 Å². The summed E-state index contributed by atoms with van der Waals surface area (Å²) < 4.78 is 32.1. The van der Waals surface area contributed by atoms with E-state index < -0.39 is 10.0 Å². The average molecular weight is 384 g/mol. The van der Waals surface area contributed by atoms with Gasteiger partial charge in [0.15, 0.2) is 0 Å². The van der Waals surface area contributed by atoms with Gasteiger partial charge in [-0.1, -0.05) is 6.07 Å². The highest BCUT2D eigenvalue weighted by Crippen LogP contribution is 2.19. The van der Waals surface area contributed by atoms with E-state index in [1.54, 1.807) is 11.0 Å². The number of aryl methyl sites for hydroxylation is 1. The molecular formula is C18H29N3O4S. The van der Waals surface area contributed by atoms with E-state index in [0.717, 1.165) is 18.7 Å². The highest BCUT2D eigenvalue weighted by atomic mass is 32.2. The lowest BCUT2D eigenvalue weighted by Gasteiger charge is -2.37. The van der Waals surface area contributed by atoms with Crippen molar-refractivity contribution in [3.05, 3.63) is 29.3 Å². The maximum Gasteiger partial charge on any atom is 0.254 e. The van der Waals surface area contributed by atoms with E-state index in [2.05, 4.69) is 23.5 Å². The van der Waals surface area contributed by atoms with Gasteiger partial charge in [0, 0.05) is 51.4 Å². The van der Waals surface area contributed by atoms with Gasteiger partial charge in [-0.15, -0.1) is 0 Å². The zero-order chi connectivity index (χ0) is 19.3. The number of rotatable bonds is 7. The van der Waals surface area contributed by atoms with Crippen LogP contribution in [0, 0.1) is 6.92 Å². The van der Waals surface area contributed by atoms with Gasteiger partial charge >= 0.3 is 0 Å². The molecule has 1 heterocycles. The molecule has 0 spiro atoms. The monoisotopic (exact) mass is 383 g/mol. The molecule has 0 radical (unpaired) electrons. The molecule has 8 heteroatoms. The fourth-order valence-electron chi connectivity index (χ4n) is 2.97. The lowest BCUT2D eigenvalue weighted by Crippen LogP contribution is -2.50. The van der Waals surface area contributed by atoms with Crippen molar-refractivity contribution in [1.29, 1.82) is 0 Å². The largest absolute Gasteiger partial charge is 0.383 e. The smallest absolute Gasteiger partial charge is 0.254 e. The molecule has 146 valence electrons. The van der Waals surface area contributed by atoms with Crippen LogP contribution in [-0.4, -0.2) is 76.6 Å². The van der Waals surface area contributed by atoms with Gasteiger partial charge in [-0.3, -0.25) is 9.69 Å². The first-order valence-electron chi connectivity index (χ1n) is 8.89. The van der Waals surface area contributed by atoms with E-state index in [0.29, 0.717) is 24.7 Å². The number of carbonyl (C=O) groups excluding carboxylic acids is 1. The molecule has 7 nitrogen and oxygen atoms in total. The van der Waals surface area contributed by atoms with Crippen molar-refractivity contribution >= 4 is 15.9 Å². The van der Waals surface area contributed by atoms with Crippen LogP contribution in [0.5, 0.6) is 0 Å². The van der Waals surface area contributed by atoms with Crippen LogP contribution in [0.3, 0.4) is 0 Å². The molecule has 1 aliphatic heterocycles. The van der Waals surface area contributed by atoms with Crippen LogP contribution >= 0.6 is 0 Å². The van der Waals surface area contributed by atoms with Crippen LogP contribution in [0.15, 0.2) is 23.1 Å². The summed E-state index contributed by atoms with van der Waals surface area (Å²) >= 11 is 0. The van der Waals surface area contributed by atoms with Crippen molar-refractivity contribution < 1.29 is 17.9 Å². The lowest BCUT2D eigenvalue weighted by molar-refractivity contribution is 0.0594. The number of hydrogen-bond donors (Lipinski definition) is 1. The molecule has 1 aromatic rings. The van der Waals surface area contributed by atoms with E-state index in [1.807, 2.05) is 6.92 Å². The molecule has 1 fully saturated rings. The van der Waals surface area contributed by atoms with Crippen molar-refractivity contribution in [2.24, 2.45) is 0 Å². The average Bonchev–Trinajstić information content (AvgIpc) is 2.61. The van der Waals surface area contributed by atoms with Crippen molar-refractivity contribution in [3.63, 3.8) is 0 Å². The number of methoxy groups -OCH3 is 1. The SMILES string of the molecule is COCCNS(=O)(=O)c1ccc(C)c(C(=O)N2CCN(C(C)C)CC2)c1. The molecule has 1 aliphatic rings. The van der Waals surface area contributed by atoms with Gasteiger partial charge in [-0.05, 0) is 38.5 Å². The van der Waals surface area contributed by atoms with Crippen molar-refractivity contribution in [3.8, 4) is 0 Å². The van der Waals surface area contributed by atoms with E-state index in [4.69, 9.17) is 4.74 Å². The second-order valence-electron chi connectivity index (χ2n) is 6.79. The Morgan fingerprint density at radius 3 is 2.46 bits per heavy atom. The molecule has 1 aromatic carbocycles. The Labute approximate surface area is 156 Å². The second-order valence-corrected chi connectivity index (χ2v) is 8.56. The highest BCUT2D eigenvalue weighted by Gasteiger charge is 2.25. The van der Waals surface area contributed by atoms with E-state index in [-0.39, 0.29) is 24.0 Å². The number of ether oxygens (including phenoxy) is 1. The maximum absolute atomic E-state index is 12.9. The zero-order valence-corrected chi connectivity index (χ0v) is 16.8. The predicted molar refractivity (Wildman–Crippen MR) is 101 cm³/mol. The van der Waals surface area contributed by atoms with Crippen molar-refractivity contribution in [1.82, 2.24) is 14.5 Å². The van der Waals surface area contributed by atoms with Gasteiger partial charge in [0.1, 0.15) is 0 Å². The van der Waals surface area contributed by atoms with Crippen LogP contribution in [0.1, 0.15) is 29.8 Å². The Balaban J connectivity index is 2.15. The summed E-state index contributed by atoms with van der Waals surface area (Å²) in [5, 5.41) is 0. The summed E-state index contributed by atoms with van der Waals surface area (Å²) in [7, 11) is -2.16. The Hall–Kier alpha value is -1.48. The fourth-order valence-corrected chi connectivity index (χ4v) is 4.01. The van der Waals surface area contributed by atoms with Crippen molar-refractivity contribution in [2.45, 2.75) is 31.7 Å². The third-order valence-corrected chi connectivity index (χ3v) is 6.14. The second kappa shape index (κ2) is 8.94. The van der Waals surface area contributed by atoms with Gasteiger partial charge in [0.2, 0.25) is 10.0 Å². The first-order valence-corrected chi connectivity index (χ1v) is 10.4. The lowest BCUT2D eigenvalue weighted by atomic mass is 10.1. The first-order chi connectivity index (χ1) is 12.3. The van der Waals surface area contributed by atoms with Crippen LogP contribution in [-0.2, 0) is 14.8 Å². The molecule has 1 saturated heterocycles. The van der Waals surface area contributed by atoms with Gasteiger partial charge in [0.05, 0.1) is 11.5 Å². The summed E-state index contributed by atoms with van der Waals surface area (Å²) in [5.41, 5.74) is 1.22. The molecule has 0 aromatic heterocycles. The summed E-state index contributed by atoms with van der Waals surface area (Å²) in [5.74, 6) is -0.111. The number of amides is 1. The number of hydrogen-bond acceptors (Lipinski definition) is 5. The third kappa shape index (κ3) is 5.03. The molecule has 2 rings (SSSR count). The number of benzene rings is 1. The van der Waals surface area contributed by atoms with E-state index >= 15 is 0 Å². The fraction of sp³-hybridized carbons (Fsp3) is 0.611. The molecular weight excluding hydrogens is 354 g/mol. The summed E-state index contributed by atoms with van der Waals surface area (Å²) in [4.78, 5) is 17.1. The van der Waals surface area contributed by atoms with Gasteiger partial charge in [0.25, 0.3) is 5.91 Å². The highest BCUT2D eigenvalue weighted by molar-refractivity contribution is 7.89. The molecule has 1 N–H and O–H groups in total. The minimum Gasteiger partial charge on any atom is -0.383 e. The molecule has 0 atom stereocenters. The normalized spacial score (nSPS) is 16.3. The molecule has 0 unspecified atom stereocenters. The molecule has 0 aliphatic carbocycles. The zero-order valence-electron chi connectivity index (χ0n) is 16.0. The Morgan fingerprint density at radius 2 is 1.88 bits per heavy atom. The summed E-state index contributed by atoms with van der Waals surface area (Å²) in [6.45, 7) is 9.56. The number of piperazine rings is 1. The molecule has 1 amide bonds. The van der Waals surface area contributed by atoms with Crippen LogP contribution in [0.4, 0.5) is 0 Å². The number of carbonyl (C=O) groups is 1. The first kappa shape index (κ1) is 20.8. The number of sulfonamides is 1. The minimum absolute atomic E-state index is 0.100. The number of nitrogens with one attached hydrogen (secondary N) is 1. The molecule has 0 saturated carbocycles. The maximum atomic E-state index is 12.9. The Kier molecular flexibility index (Phi) is 7.16. The standard InChI is InChI=1S/C18H29N3O4S/c1-14(2)20-8-10-21(11-9-20)18(22)17-13-16(6-5-15(17)3)26(23,24)19-7-12-25-4/h5-6,13-14,19H,7-12H2,1-4H3. The van der Waals surface area contributed by atoms with Crippen LogP contribution < -0.4 is 4.72 Å². The molecule has 26 heavy (non-hydrogen) atoms.